The minimum atomic E-state index is -4.60. The molecule has 47 heavy (non-hydrogen) atoms. The molecule has 254 valence electrons. The Balaban J connectivity index is 1.30. The van der Waals surface area contributed by atoms with E-state index in [0.29, 0.717) is 24.5 Å². The quantitative estimate of drug-likeness (QED) is 0.391. The van der Waals surface area contributed by atoms with Gasteiger partial charge in [-0.2, -0.15) is 0 Å². The van der Waals surface area contributed by atoms with Gasteiger partial charge in [-0.25, -0.2) is 22.5 Å². The molecule has 1 aromatic carbocycles. The number of hydrogen-bond acceptors (Lipinski definition) is 9. The second-order valence-corrected chi connectivity index (χ2v) is 15.6. The lowest BCUT2D eigenvalue weighted by Crippen LogP contribution is -2.58. The minimum Gasteiger partial charge on any atom is -0.497 e. The van der Waals surface area contributed by atoms with Crippen LogP contribution in [-0.4, -0.2) is 78.4 Å². The summed E-state index contributed by atoms with van der Waals surface area (Å²) >= 11 is 0. The Bertz CT molecular complexity index is 1720. The normalized spacial score (nSPS) is 32.3. The summed E-state index contributed by atoms with van der Waals surface area (Å²) < 4.78 is 53.4. The van der Waals surface area contributed by atoms with E-state index in [1.165, 1.54) is 4.90 Å². The average Bonchev–Trinajstić information content (AvgIpc) is 3.92. The van der Waals surface area contributed by atoms with Gasteiger partial charge in [0.25, 0.3) is 15.9 Å². The smallest absolute Gasteiger partial charge is 0.270 e. The van der Waals surface area contributed by atoms with Crippen molar-refractivity contribution in [2.75, 3.05) is 13.7 Å². The molecule has 12 nitrogen and oxygen atoms in total. The van der Waals surface area contributed by atoms with E-state index in [4.69, 9.17) is 15.2 Å². The number of rotatable bonds is 6. The van der Waals surface area contributed by atoms with E-state index >= 15 is 0 Å². The lowest BCUT2D eigenvalue weighted by Gasteiger charge is -2.30. The molecule has 2 saturated carbocycles. The van der Waals surface area contributed by atoms with E-state index in [1.807, 2.05) is 35.9 Å². The van der Waals surface area contributed by atoms with Crippen LogP contribution in [0.25, 0.3) is 10.8 Å². The van der Waals surface area contributed by atoms with Crippen LogP contribution < -0.4 is 25.2 Å². The minimum absolute atomic E-state index is 0.0440. The number of nitrogens with one attached hydrogen (secondary N) is 2. The Kier molecular flexibility index (Phi) is 8.70. The fourth-order valence-electron chi connectivity index (χ4n) is 6.81. The van der Waals surface area contributed by atoms with E-state index in [0.717, 1.165) is 17.2 Å². The van der Waals surface area contributed by atoms with E-state index in [-0.39, 0.29) is 44.1 Å². The highest BCUT2D eigenvalue weighted by atomic mass is 32.2. The van der Waals surface area contributed by atoms with Gasteiger partial charge in [-0.05, 0) is 67.2 Å². The molecule has 2 aromatic rings. The third kappa shape index (κ3) is 6.41. The average molecular weight is 672 g/mol. The number of carbonyl (C=O) groups excluding carboxylic acids is 3. The third-order valence-electron chi connectivity index (χ3n) is 10.0. The summed E-state index contributed by atoms with van der Waals surface area (Å²) in [5.41, 5.74) is 4.91. The van der Waals surface area contributed by atoms with Gasteiger partial charge in [0, 0.05) is 36.8 Å². The molecule has 4 N–H and O–H groups in total. The number of amides is 3. The van der Waals surface area contributed by atoms with Crippen LogP contribution in [0.15, 0.2) is 42.6 Å². The number of carbonyl (C=O) groups is 3. The molecule has 3 amide bonds. The van der Waals surface area contributed by atoms with Gasteiger partial charge in [0.05, 0.1) is 19.7 Å². The molecule has 0 spiro atoms. The van der Waals surface area contributed by atoms with Gasteiger partial charge in [-0.1, -0.05) is 26.0 Å². The van der Waals surface area contributed by atoms with Crippen LogP contribution in [0.3, 0.4) is 0 Å². The summed E-state index contributed by atoms with van der Waals surface area (Å²) in [5, 5.41) is 1.83. The van der Waals surface area contributed by atoms with Crippen molar-refractivity contribution >= 4 is 38.5 Å². The van der Waals surface area contributed by atoms with Crippen molar-refractivity contribution in [2.45, 2.75) is 87.5 Å². The highest BCUT2D eigenvalue weighted by Gasteiger charge is 2.64. The number of pyridine rings is 1. The van der Waals surface area contributed by atoms with Gasteiger partial charge in [-0.3, -0.25) is 14.4 Å². The molecule has 7 atom stereocenters. The number of nitrogens with zero attached hydrogens (tertiary/aromatic N) is 2. The molecule has 0 radical (unpaired) electrons. The van der Waals surface area contributed by atoms with Crippen LogP contribution >= 0.6 is 0 Å². The van der Waals surface area contributed by atoms with Crippen molar-refractivity contribution in [3.63, 3.8) is 0 Å². The predicted octanol–water partition coefficient (Wildman–Crippen LogP) is 2.71. The Morgan fingerprint density at radius 3 is 2.68 bits per heavy atom. The Morgan fingerprint density at radius 2 is 1.96 bits per heavy atom. The number of sulfonamides is 1. The second-order valence-electron chi connectivity index (χ2n) is 13.6. The molecule has 3 fully saturated rings. The highest BCUT2D eigenvalue weighted by Crippen LogP contribution is 2.48. The summed E-state index contributed by atoms with van der Waals surface area (Å²) in [7, 11) is -3.03. The molecule has 2 aliphatic carbocycles. The third-order valence-corrected chi connectivity index (χ3v) is 11.9. The zero-order valence-electron chi connectivity index (χ0n) is 26.8. The number of methoxy groups -OCH3 is 1. The number of ether oxygens (including phenoxy) is 2. The lowest BCUT2D eigenvalue weighted by molar-refractivity contribution is -0.141. The molecule has 3 heterocycles. The maximum absolute atomic E-state index is 14.6. The number of alkyl halides is 1. The largest absolute Gasteiger partial charge is 0.497 e. The van der Waals surface area contributed by atoms with Crippen molar-refractivity contribution < 1.29 is 36.7 Å². The van der Waals surface area contributed by atoms with Crippen LogP contribution in [0.4, 0.5) is 4.39 Å². The first-order valence-electron chi connectivity index (χ1n) is 16.2. The molecule has 14 heteroatoms. The van der Waals surface area contributed by atoms with Crippen LogP contribution in [0, 0.1) is 17.8 Å². The van der Waals surface area contributed by atoms with Gasteiger partial charge in [0.1, 0.15) is 23.4 Å². The zero-order chi connectivity index (χ0) is 33.7. The number of halogens is 1. The van der Waals surface area contributed by atoms with Crippen molar-refractivity contribution in [1.29, 1.82) is 0 Å². The van der Waals surface area contributed by atoms with E-state index in [1.54, 1.807) is 25.4 Å². The monoisotopic (exact) mass is 671 g/mol. The maximum Gasteiger partial charge on any atom is 0.270 e. The van der Waals surface area contributed by atoms with Gasteiger partial charge in [0.2, 0.25) is 22.7 Å². The summed E-state index contributed by atoms with van der Waals surface area (Å²) in [6.45, 7) is 4.06. The fourth-order valence-corrected chi connectivity index (χ4v) is 8.06. The van der Waals surface area contributed by atoms with Crippen LogP contribution in [-0.2, 0) is 24.4 Å². The number of fused-ring (bicyclic) bond motifs is 3. The number of benzene rings is 1. The van der Waals surface area contributed by atoms with Gasteiger partial charge >= 0.3 is 0 Å². The number of allylic oxidation sites excluding steroid dienone is 1. The number of nitrogens with two attached hydrogens (primary N) is 1. The Labute approximate surface area is 273 Å². The first kappa shape index (κ1) is 33.1. The van der Waals surface area contributed by atoms with Gasteiger partial charge in [0.15, 0.2) is 0 Å². The highest BCUT2D eigenvalue weighted by molar-refractivity contribution is 7.91. The maximum atomic E-state index is 14.6. The zero-order valence-corrected chi connectivity index (χ0v) is 27.6. The van der Waals surface area contributed by atoms with E-state index in [9.17, 15) is 27.2 Å². The molecule has 6 rings (SSSR count). The van der Waals surface area contributed by atoms with E-state index < -0.39 is 62.4 Å². The van der Waals surface area contributed by atoms with Crippen molar-refractivity contribution in [3.8, 4) is 11.6 Å². The molecule has 4 aliphatic rings. The SMILES string of the molecule is COc1ccc2c(O[C@@H]3C[C@H]4C(=O)N[C@]5(C(=O)NS(=O)(=O)C6(F)CC6)C[C@H]5C=CCC[C@@H](C)C[C@@H](C)[C@H](N)C(=O)N4C3)nccc2c1. The molecule has 0 unspecified atom stereocenters. The van der Waals surface area contributed by atoms with Crippen molar-refractivity contribution in [3.05, 3.63) is 42.6 Å². The van der Waals surface area contributed by atoms with Crippen LogP contribution in [0.1, 0.15) is 58.8 Å². The predicted molar refractivity (Wildman–Crippen MR) is 171 cm³/mol. The first-order valence-corrected chi connectivity index (χ1v) is 17.6. The topological polar surface area (TPSA) is 170 Å². The molecular formula is C33H42FN5O7S. The Morgan fingerprint density at radius 1 is 1.19 bits per heavy atom. The molecule has 1 aromatic heterocycles. The van der Waals surface area contributed by atoms with Gasteiger partial charge in [-0.15, -0.1) is 0 Å². The van der Waals surface area contributed by atoms with Crippen LogP contribution in [0.5, 0.6) is 11.6 Å². The van der Waals surface area contributed by atoms with Crippen molar-refractivity contribution in [2.24, 2.45) is 23.5 Å². The molecule has 0 bridgehead atoms. The first-order chi connectivity index (χ1) is 22.3. The van der Waals surface area contributed by atoms with E-state index in [2.05, 4.69) is 17.2 Å². The number of aromatic nitrogens is 1. The summed E-state index contributed by atoms with van der Waals surface area (Å²) in [6.07, 6.45) is 6.69. The number of hydrogen-bond donors (Lipinski definition) is 3. The van der Waals surface area contributed by atoms with Crippen molar-refractivity contribution in [1.82, 2.24) is 19.9 Å². The molecule has 1 saturated heterocycles. The molecular weight excluding hydrogens is 629 g/mol. The summed E-state index contributed by atoms with van der Waals surface area (Å²) in [4.78, 5) is 47.3. The lowest BCUT2D eigenvalue weighted by atomic mass is 9.88. The second kappa shape index (κ2) is 12.3. The fraction of sp³-hybridized carbons (Fsp3) is 0.576. The molecule has 2 aliphatic heterocycles. The van der Waals surface area contributed by atoms with Crippen LogP contribution in [0.2, 0.25) is 0 Å². The Hall–Kier alpha value is -3.78. The summed E-state index contributed by atoms with van der Waals surface area (Å²) in [6, 6.07) is 5.33. The summed E-state index contributed by atoms with van der Waals surface area (Å²) in [5.74, 6) is -1.49. The van der Waals surface area contributed by atoms with Gasteiger partial charge < -0.3 is 25.4 Å². The standard InChI is InChI=1S/C33H42FN5O7S/c1-19-6-4-5-7-22-17-33(22,31(42)38-47(43,44)32(34)11-12-32)37-28(40)26-16-24(18-39(26)30(41)27(35)20(2)14-19)46-29-25-9-8-23(45-3)15-21(25)10-13-36-29/h5,7-10,13,15,19-20,22,24,26-27H,4,6,11-12,14,16-18,35H2,1-3H3,(H,37,40)(H,38,42)/t19-,20-,22-,24-,26+,27+,33-/m1/s1.